The Morgan fingerprint density at radius 2 is 1.80 bits per heavy atom. The van der Waals surface area contributed by atoms with Gasteiger partial charge < -0.3 is 23.9 Å². The third-order valence-electron chi connectivity index (χ3n) is 5.87. The van der Waals surface area contributed by atoms with E-state index in [1.54, 1.807) is 0 Å². The maximum atomic E-state index is 14.3. The van der Waals surface area contributed by atoms with E-state index < -0.39 is 58.6 Å². The number of aliphatic hydroxyl groups is 1. The maximum absolute atomic E-state index is 14.3. The minimum absolute atomic E-state index is 0.0362. The molecule has 1 aromatic carbocycles. The van der Waals surface area contributed by atoms with Crippen molar-refractivity contribution in [3.63, 3.8) is 0 Å². The summed E-state index contributed by atoms with van der Waals surface area (Å²) in [7, 11) is 2.11. The molecule has 0 spiro atoms. The fourth-order valence-electron chi connectivity index (χ4n) is 3.81. The van der Waals surface area contributed by atoms with Crippen molar-refractivity contribution >= 4 is 17.8 Å². The van der Waals surface area contributed by atoms with E-state index in [1.165, 1.54) is 14.0 Å². The molecule has 16 heteroatoms. The quantitative estimate of drug-likeness (QED) is 0.288. The molecule has 1 N–H and O–H groups in total. The fraction of sp³-hybridized carbons (Fsp3) is 0.333. The first-order valence-electron chi connectivity index (χ1n) is 11.0. The Labute approximate surface area is 226 Å². The number of aryl methyl sites for hydroxylation is 2. The second kappa shape index (κ2) is 11.0. The molecular formula is C24H20ClF6N3O6. The molecule has 0 saturated carbocycles. The molecule has 0 radical (unpaired) electrons. The van der Waals surface area contributed by atoms with E-state index in [-0.39, 0.29) is 21.9 Å². The van der Waals surface area contributed by atoms with Crippen LogP contribution in [0.1, 0.15) is 35.2 Å². The first-order valence-corrected chi connectivity index (χ1v) is 11.4. The van der Waals surface area contributed by atoms with Crippen LogP contribution in [0.15, 0.2) is 41.5 Å². The van der Waals surface area contributed by atoms with Crippen LogP contribution in [-0.4, -0.2) is 39.1 Å². The average Bonchev–Trinajstić information content (AvgIpc) is 2.85. The standard InChI is InChI=1S/C24H20ClF6N3O6/c1-11-7-13(10-34(3)19(11)35)22(37,24(29,30)31)12(2)15-6-5-14(8-16(15)25)39-20-32-9-17(40-21(36)38-4)18(33-20)23(26,27)28/h5-10,12,37H,1-4H3. The van der Waals surface area contributed by atoms with E-state index >= 15 is 0 Å². The molecule has 0 aliphatic heterocycles. The molecule has 2 heterocycles. The molecule has 2 unspecified atom stereocenters. The van der Waals surface area contributed by atoms with Crippen molar-refractivity contribution in [3.05, 3.63) is 74.4 Å². The minimum atomic E-state index is -5.22. The summed E-state index contributed by atoms with van der Waals surface area (Å²) >= 11 is 6.22. The van der Waals surface area contributed by atoms with Crippen LogP contribution in [0.5, 0.6) is 17.5 Å². The summed E-state index contributed by atoms with van der Waals surface area (Å²) in [5.74, 6) is -3.05. The molecule has 0 fully saturated rings. The van der Waals surface area contributed by atoms with Gasteiger partial charge in [0.1, 0.15) is 5.75 Å². The largest absolute Gasteiger partial charge is 0.513 e. The molecule has 216 valence electrons. The van der Waals surface area contributed by atoms with E-state index in [9.17, 15) is 41.0 Å². The van der Waals surface area contributed by atoms with Crippen molar-refractivity contribution in [1.82, 2.24) is 14.5 Å². The summed E-state index contributed by atoms with van der Waals surface area (Å²) in [5, 5.41) is 10.7. The van der Waals surface area contributed by atoms with Crippen molar-refractivity contribution in [3.8, 4) is 17.5 Å². The fourth-order valence-corrected chi connectivity index (χ4v) is 4.15. The first-order chi connectivity index (χ1) is 18.4. The lowest BCUT2D eigenvalue weighted by Gasteiger charge is -2.37. The normalized spacial score (nSPS) is 14.3. The highest BCUT2D eigenvalue weighted by Crippen LogP contribution is 2.50. The van der Waals surface area contributed by atoms with Crippen LogP contribution in [-0.2, 0) is 23.6 Å². The topological polar surface area (TPSA) is 113 Å². The zero-order chi connectivity index (χ0) is 30.2. The molecule has 0 saturated heterocycles. The lowest BCUT2D eigenvalue weighted by Crippen LogP contribution is -2.47. The van der Waals surface area contributed by atoms with Crippen LogP contribution < -0.4 is 15.0 Å². The number of halogens is 7. The molecule has 2 aromatic heterocycles. The number of carbonyl (C=O) groups excluding carboxylic acids is 1. The summed E-state index contributed by atoms with van der Waals surface area (Å²) < 4.78 is 97.8. The molecular weight excluding hydrogens is 576 g/mol. The Morgan fingerprint density at radius 3 is 2.33 bits per heavy atom. The molecule has 40 heavy (non-hydrogen) atoms. The molecule has 0 amide bonds. The van der Waals surface area contributed by atoms with Crippen molar-refractivity contribution < 1.29 is 50.5 Å². The van der Waals surface area contributed by atoms with Crippen molar-refractivity contribution in [2.24, 2.45) is 7.05 Å². The number of ether oxygens (including phenoxy) is 3. The second-order valence-electron chi connectivity index (χ2n) is 8.52. The van der Waals surface area contributed by atoms with Gasteiger partial charge in [0.15, 0.2) is 17.0 Å². The van der Waals surface area contributed by atoms with Gasteiger partial charge in [0.05, 0.1) is 13.3 Å². The SMILES string of the molecule is COC(=O)Oc1cnc(Oc2ccc(C(C)C(O)(c3cc(C)c(=O)n(C)c3)C(F)(F)F)c(Cl)c2)nc1C(F)(F)F. The highest BCUT2D eigenvalue weighted by molar-refractivity contribution is 6.31. The van der Waals surface area contributed by atoms with Crippen molar-refractivity contribution in [2.75, 3.05) is 7.11 Å². The van der Waals surface area contributed by atoms with Gasteiger partial charge in [0.25, 0.3) is 5.56 Å². The number of benzene rings is 1. The number of aromatic nitrogens is 3. The molecule has 3 rings (SSSR count). The molecule has 0 bridgehead atoms. The van der Waals surface area contributed by atoms with Crippen LogP contribution in [0.2, 0.25) is 5.02 Å². The van der Waals surface area contributed by atoms with Crippen LogP contribution in [0.3, 0.4) is 0 Å². The van der Waals surface area contributed by atoms with Gasteiger partial charge >= 0.3 is 24.5 Å². The van der Waals surface area contributed by atoms with Gasteiger partial charge in [-0.25, -0.2) is 4.79 Å². The minimum Gasteiger partial charge on any atom is -0.437 e. The highest BCUT2D eigenvalue weighted by atomic mass is 35.5. The summed E-state index contributed by atoms with van der Waals surface area (Å²) in [4.78, 5) is 29.9. The predicted octanol–water partition coefficient (Wildman–Crippen LogP) is 5.65. The third-order valence-corrected chi connectivity index (χ3v) is 6.20. The van der Waals surface area contributed by atoms with E-state index in [2.05, 4.69) is 19.4 Å². The van der Waals surface area contributed by atoms with Crippen LogP contribution in [0.4, 0.5) is 31.1 Å². The summed E-state index contributed by atoms with van der Waals surface area (Å²) in [6, 6.07) is 3.23. The first kappa shape index (κ1) is 30.7. The van der Waals surface area contributed by atoms with Crippen molar-refractivity contribution in [1.29, 1.82) is 0 Å². The number of nitrogens with zero attached hydrogens (tertiary/aromatic N) is 3. The van der Waals surface area contributed by atoms with Gasteiger partial charge in [-0.1, -0.05) is 24.6 Å². The molecule has 0 aliphatic carbocycles. The lowest BCUT2D eigenvalue weighted by atomic mass is 9.78. The van der Waals surface area contributed by atoms with E-state index in [0.717, 1.165) is 49.1 Å². The zero-order valence-electron chi connectivity index (χ0n) is 21.0. The number of hydrogen-bond acceptors (Lipinski definition) is 8. The van der Waals surface area contributed by atoms with Crippen LogP contribution in [0, 0.1) is 6.92 Å². The predicted molar refractivity (Wildman–Crippen MR) is 126 cm³/mol. The number of carbonyl (C=O) groups is 1. The van der Waals surface area contributed by atoms with Crippen molar-refractivity contribution in [2.45, 2.75) is 37.7 Å². The number of hydrogen-bond donors (Lipinski definition) is 1. The monoisotopic (exact) mass is 595 g/mol. The third kappa shape index (κ3) is 5.99. The zero-order valence-corrected chi connectivity index (χ0v) is 21.8. The Kier molecular flexibility index (Phi) is 8.41. The van der Waals surface area contributed by atoms with Crippen LogP contribution >= 0.6 is 11.6 Å². The number of pyridine rings is 1. The average molecular weight is 596 g/mol. The lowest BCUT2D eigenvalue weighted by molar-refractivity contribution is -0.274. The molecule has 3 aromatic rings. The molecule has 2 atom stereocenters. The van der Waals surface area contributed by atoms with Gasteiger partial charge in [-0.15, -0.1) is 0 Å². The number of methoxy groups -OCH3 is 1. The summed E-state index contributed by atoms with van der Waals surface area (Å²) in [6.07, 6.45) is -10.4. The van der Waals surface area contributed by atoms with Gasteiger partial charge in [0, 0.05) is 35.3 Å². The number of alkyl halides is 6. The Bertz CT molecular complexity index is 1470. The maximum Gasteiger partial charge on any atom is 0.513 e. The van der Waals surface area contributed by atoms with Gasteiger partial charge in [-0.05, 0) is 30.7 Å². The van der Waals surface area contributed by atoms with Gasteiger partial charge in [-0.2, -0.15) is 36.3 Å². The Hall–Kier alpha value is -3.85. The van der Waals surface area contributed by atoms with Gasteiger partial charge in [-0.3, -0.25) is 4.79 Å². The van der Waals surface area contributed by atoms with E-state index in [4.69, 9.17) is 16.3 Å². The number of rotatable bonds is 6. The smallest absolute Gasteiger partial charge is 0.437 e. The van der Waals surface area contributed by atoms with E-state index in [1.807, 2.05) is 0 Å². The van der Waals surface area contributed by atoms with E-state index in [0.29, 0.717) is 6.20 Å². The molecule has 9 nitrogen and oxygen atoms in total. The Balaban J connectivity index is 1.99. The summed E-state index contributed by atoms with van der Waals surface area (Å²) in [6.45, 7) is 2.36. The Morgan fingerprint density at radius 1 is 1.15 bits per heavy atom. The van der Waals surface area contributed by atoms with Crippen LogP contribution in [0.25, 0.3) is 0 Å². The highest BCUT2D eigenvalue weighted by Gasteiger charge is 2.59. The molecule has 0 aliphatic rings. The van der Waals surface area contributed by atoms with Gasteiger partial charge in [0.2, 0.25) is 0 Å². The summed E-state index contributed by atoms with van der Waals surface area (Å²) in [5.41, 5.74) is -6.55. The second-order valence-corrected chi connectivity index (χ2v) is 8.93.